The van der Waals surface area contributed by atoms with E-state index in [0.717, 1.165) is 16.9 Å². The lowest BCUT2D eigenvalue weighted by atomic mass is 10.1. The summed E-state index contributed by atoms with van der Waals surface area (Å²) in [6.07, 6.45) is 0.878. The topological polar surface area (TPSA) is 29.1 Å². The maximum Gasteiger partial charge on any atom is 0.261 e. The molecule has 3 heteroatoms. The lowest BCUT2D eigenvalue weighted by Crippen LogP contribution is -2.25. The van der Waals surface area contributed by atoms with Crippen molar-refractivity contribution in [1.82, 2.24) is 5.32 Å². The number of hydrogen-bond donors (Lipinski definition) is 1. The molecule has 0 fully saturated rings. The number of rotatable bonds is 4. The molecule has 0 aliphatic rings. The van der Waals surface area contributed by atoms with Crippen molar-refractivity contribution < 1.29 is 4.79 Å². The molecule has 0 atom stereocenters. The second-order valence-corrected chi connectivity index (χ2v) is 5.28. The summed E-state index contributed by atoms with van der Waals surface area (Å²) in [7, 11) is 0. The normalized spacial score (nSPS) is 10.3. The first-order chi connectivity index (χ1) is 8.68. The number of carbonyl (C=O) groups excluding carboxylic acids is 1. The maximum atomic E-state index is 11.9. The van der Waals surface area contributed by atoms with Crippen LogP contribution in [0.2, 0.25) is 0 Å². The van der Waals surface area contributed by atoms with Gasteiger partial charge in [0.1, 0.15) is 0 Å². The minimum atomic E-state index is 0.0380. The van der Waals surface area contributed by atoms with Crippen LogP contribution in [0.5, 0.6) is 0 Å². The fourth-order valence-corrected chi connectivity index (χ4v) is 2.73. The molecular weight excluding hydrogens is 242 g/mol. The van der Waals surface area contributed by atoms with Gasteiger partial charge in [0.15, 0.2) is 0 Å². The highest BCUT2D eigenvalue weighted by Crippen LogP contribution is 2.15. The van der Waals surface area contributed by atoms with Crippen molar-refractivity contribution in [3.05, 3.63) is 57.3 Å². The summed E-state index contributed by atoms with van der Waals surface area (Å²) in [5.74, 6) is 0.0380. The molecule has 0 bridgehead atoms. The van der Waals surface area contributed by atoms with Gasteiger partial charge in [0, 0.05) is 6.54 Å². The second kappa shape index (κ2) is 5.83. The Morgan fingerprint density at radius 2 is 1.94 bits per heavy atom. The minimum Gasteiger partial charge on any atom is -0.351 e. The van der Waals surface area contributed by atoms with E-state index in [1.165, 1.54) is 22.5 Å². The zero-order chi connectivity index (χ0) is 13.0. The van der Waals surface area contributed by atoms with Gasteiger partial charge in [-0.1, -0.05) is 24.3 Å². The van der Waals surface area contributed by atoms with Crippen LogP contribution in [0.15, 0.2) is 35.7 Å². The summed E-state index contributed by atoms with van der Waals surface area (Å²) in [4.78, 5) is 12.7. The Bertz CT molecular complexity index is 545. The predicted molar refractivity (Wildman–Crippen MR) is 76.3 cm³/mol. The van der Waals surface area contributed by atoms with Gasteiger partial charge in [0.05, 0.1) is 4.88 Å². The summed E-state index contributed by atoms with van der Waals surface area (Å²) in [5, 5.41) is 4.92. The molecule has 0 saturated heterocycles. The molecule has 0 spiro atoms. The van der Waals surface area contributed by atoms with E-state index in [0.29, 0.717) is 6.54 Å². The van der Waals surface area contributed by atoms with Gasteiger partial charge in [-0.25, -0.2) is 0 Å². The molecule has 0 aliphatic heterocycles. The molecule has 0 saturated carbocycles. The van der Waals surface area contributed by atoms with Crippen LogP contribution in [0.3, 0.4) is 0 Å². The van der Waals surface area contributed by atoms with Crippen LogP contribution >= 0.6 is 11.3 Å². The standard InChI is InChI=1S/C15H17NOS/c1-11-5-3-4-6-13(11)7-9-16-15(17)14-12(2)8-10-18-14/h3-6,8,10H,7,9H2,1-2H3,(H,16,17). The molecule has 0 aliphatic carbocycles. The van der Waals surface area contributed by atoms with Crippen molar-refractivity contribution in [2.75, 3.05) is 6.54 Å². The summed E-state index contributed by atoms with van der Waals surface area (Å²) in [6.45, 7) is 4.74. The number of thiophene rings is 1. The number of benzene rings is 1. The van der Waals surface area contributed by atoms with E-state index in [1.54, 1.807) is 0 Å². The van der Waals surface area contributed by atoms with Crippen LogP contribution < -0.4 is 5.32 Å². The van der Waals surface area contributed by atoms with Crippen molar-refractivity contribution in [3.8, 4) is 0 Å². The van der Waals surface area contributed by atoms with Crippen molar-refractivity contribution in [1.29, 1.82) is 0 Å². The van der Waals surface area contributed by atoms with Gasteiger partial charge in [-0.15, -0.1) is 11.3 Å². The highest BCUT2D eigenvalue weighted by atomic mass is 32.1. The van der Waals surface area contributed by atoms with Crippen LogP contribution in [0.1, 0.15) is 26.4 Å². The molecule has 2 nitrogen and oxygen atoms in total. The fraction of sp³-hybridized carbons (Fsp3) is 0.267. The van der Waals surface area contributed by atoms with Crippen LogP contribution in [0.4, 0.5) is 0 Å². The SMILES string of the molecule is Cc1ccccc1CCNC(=O)c1sccc1C. The first-order valence-corrected chi connectivity index (χ1v) is 6.93. The molecule has 18 heavy (non-hydrogen) atoms. The van der Waals surface area contributed by atoms with Gasteiger partial charge < -0.3 is 5.32 Å². The largest absolute Gasteiger partial charge is 0.351 e. The summed E-state index contributed by atoms with van der Waals surface area (Å²) >= 11 is 1.50. The van der Waals surface area contributed by atoms with Crippen molar-refractivity contribution in [3.63, 3.8) is 0 Å². The Morgan fingerprint density at radius 1 is 1.17 bits per heavy atom. The number of nitrogens with one attached hydrogen (secondary N) is 1. The highest BCUT2D eigenvalue weighted by molar-refractivity contribution is 7.12. The molecule has 2 aromatic rings. The van der Waals surface area contributed by atoms with E-state index in [1.807, 2.05) is 30.5 Å². The maximum absolute atomic E-state index is 11.9. The number of hydrogen-bond acceptors (Lipinski definition) is 2. The molecule has 94 valence electrons. The van der Waals surface area contributed by atoms with Gasteiger partial charge >= 0.3 is 0 Å². The van der Waals surface area contributed by atoms with Crippen molar-refractivity contribution in [2.45, 2.75) is 20.3 Å². The monoisotopic (exact) mass is 259 g/mol. The van der Waals surface area contributed by atoms with Crippen LogP contribution in [-0.2, 0) is 6.42 Å². The van der Waals surface area contributed by atoms with Crippen LogP contribution in [-0.4, -0.2) is 12.5 Å². The van der Waals surface area contributed by atoms with Gasteiger partial charge in [0.2, 0.25) is 0 Å². The first kappa shape index (κ1) is 12.8. The zero-order valence-electron chi connectivity index (χ0n) is 10.7. The second-order valence-electron chi connectivity index (χ2n) is 4.37. The molecule has 1 heterocycles. The Morgan fingerprint density at radius 3 is 2.61 bits per heavy atom. The average molecular weight is 259 g/mol. The van der Waals surface area contributed by atoms with E-state index in [9.17, 15) is 4.79 Å². The van der Waals surface area contributed by atoms with E-state index < -0.39 is 0 Å². The quantitative estimate of drug-likeness (QED) is 0.896. The average Bonchev–Trinajstić information content (AvgIpc) is 2.78. The fourth-order valence-electron chi connectivity index (χ4n) is 1.89. The van der Waals surface area contributed by atoms with Gasteiger partial charge in [-0.2, -0.15) is 0 Å². The van der Waals surface area contributed by atoms with Gasteiger partial charge in [-0.3, -0.25) is 4.79 Å². The van der Waals surface area contributed by atoms with E-state index in [2.05, 4.69) is 24.4 Å². The van der Waals surface area contributed by atoms with Crippen LogP contribution in [0, 0.1) is 13.8 Å². The molecular formula is C15H17NOS. The van der Waals surface area contributed by atoms with Gasteiger partial charge in [-0.05, 0) is 48.4 Å². The summed E-state index contributed by atoms with van der Waals surface area (Å²) in [5.41, 5.74) is 3.62. The van der Waals surface area contributed by atoms with E-state index in [4.69, 9.17) is 0 Å². The smallest absolute Gasteiger partial charge is 0.261 e. The number of carbonyl (C=O) groups is 1. The highest BCUT2D eigenvalue weighted by Gasteiger charge is 2.09. The predicted octanol–water partition coefficient (Wildman–Crippen LogP) is 3.34. The Labute approximate surface area is 112 Å². The minimum absolute atomic E-state index is 0.0380. The van der Waals surface area contributed by atoms with E-state index >= 15 is 0 Å². The lowest BCUT2D eigenvalue weighted by molar-refractivity contribution is 0.0957. The van der Waals surface area contributed by atoms with Crippen molar-refractivity contribution in [2.24, 2.45) is 0 Å². The molecule has 1 aromatic carbocycles. The van der Waals surface area contributed by atoms with Gasteiger partial charge in [0.25, 0.3) is 5.91 Å². The Hall–Kier alpha value is -1.61. The van der Waals surface area contributed by atoms with E-state index in [-0.39, 0.29) is 5.91 Å². The zero-order valence-corrected chi connectivity index (χ0v) is 11.5. The third-order valence-corrected chi connectivity index (χ3v) is 4.02. The number of amides is 1. The molecule has 1 N–H and O–H groups in total. The number of aryl methyl sites for hydroxylation is 2. The van der Waals surface area contributed by atoms with Crippen LogP contribution in [0.25, 0.3) is 0 Å². The lowest BCUT2D eigenvalue weighted by Gasteiger charge is -2.07. The molecule has 0 unspecified atom stereocenters. The summed E-state index contributed by atoms with van der Waals surface area (Å²) < 4.78 is 0. The third-order valence-electron chi connectivity index (χ3n) is 3.01. The summed E-state index contributed by atoms with van der Waals surface area (Å²) in [6, 6.07) is 10.2. The third kappa shape index (κ3) is 2.99. The van der Waals surface area contributed by atoms with Crippen molar-refractivity contribution >= 4 is 17.2 Å². The molecule has 2 rings (SSSR count). The molecule has 1 amide bonds. The Balaban J connectivity index is 1.88. The molecule has 1 aromatic heterocycles. The molecule has 0 radical (unpaired) electrons. The Kier molecular flexibility index (Phi) is 4.15. The first-order valence-electron chi connectivity index (χ1n) is 6.05.